The minimum Gasteiger partial charge on any atom is -0.355 e. The molecule has 1 aromatic heterocycles. The molecule has 0 atom stereocenters. The third kappa shape index (κ3) is 5.88. The Morgan fingerprint density at radius 1 is 1.03 bits per heavy atom. The maximum absolute atomic E-state index is 13.2. The van der Waals surface area contributed by atoms with Crippen molar-refractivity contribution in [1.29, 1.82) is 0 Å². The number of nitrogens with one attached hydrogen (secondary N) is 1. The Hall–Kier alpha value is -3.51. The Morgan fingerprint density at radius 2 is 1.76 bits per heavy atom. The van der Waals surface area contributed by atoms with Crippen molar-refractivity contribution in [2.24, 2.45) is 5.92 Å². The van der Waals surface area contributed by atoms with E-state index in [-0.39, 0.29) is 18.1 Å². The first-order chi connectivity index (χ1) is 16.4. The van der Waals surface area contributed by atoms with Gasteiger partial charge in [0.1, 0.15) is 11.6 Å². The maximum atomic E-state index is 13.2. The topological polar surface area (TPSA) is 58.1 Å². The van der Waals surface area contributed by atoms with Gasteiger partial charge in [-0.1, -0.05) is 55.8 Å². The average molecular weight is 477 g/mol. The molecule has 0 radical (unpaired) electrons. The molecule has 0 aliphatic carbocycles. The molecule has 0 spiro atoms. The van der Waals surface area contributed by atoms with Crippen molar-refractivity contribution >= 4 is 39.9 Å². The number of nitrogens with zero attached hydrogens (tertiary/aromatic N) is 3. The zero-order valence-corrected chi connectivity index (χ0v) is 19.9. The largest absolute Gasteiger partial charge is 0.355 e. The van der Waals surface area contributed by atoms with Crippen LogP contribution in [0.25, 0.3) is 22.3 Å². The van der Waals surface area contributed by atoms with E-state index in [2.05, 4.69) is 24.1 Å². The Balaban J connectivity index is 1.65. The van der Waals surface area contributed by atoms with E-state index in [1.165, 1.54) is 12.1 Å². The van der Waals surface area contributed by atoms with E-state index >= 15 is 0 Å². The Kier molecular flexibility index (Phi) is 7.38. The summed E-state index contributed by atoms with van der Waals surface area (Å²) in [6, 6.07) is 21.1. The quantitative estimate of drug-likeness (QED) is 0.312. The van der Waals surface area contributed by atoms with Gasteiger partial charge in [0, 0.05) is 41.2 Å². The second-order valence-corrected chi connectivity index (χ2v) is 8.98. The zero-order valence-electron chi connectivity index (χ0n) is 19.1. The molecule has 1 heterocycles. The number of rotatable bonds is 8. The summed E-state index contributed by atoms with van der Waals surface area (Å²) in [6.07, 6.45) is 0.254. The van der Waals surface area contributed by atoms with Gasteiger partial charge >= 0.3 is 0 Å². The molecular weight excluding hydrogens is 451 g/mol. The highest BCUT2D eigenvalue weighted by molar-refractivity contribution is 6.31. The van der Waals surface area contributed by atoms with E-state index in [1.54, 1.807) is 12.1 Å². The maximum Gasteiger partial charge on any atom is 0.226 e. The fourth-order valence-electron chi connectivity index (χ4n) is 3.76. The van der Waals surface area contributed by atoms with E-state index < -0.39 is 0 Å². The normalized spacial score (nSPS) is 11.1. The number of hydrogen-bond acceptors (Lipinski definition) is 4. The van der Waals surface area contributed by atoms with E-state index in [0.29, 0.717) is 35.5 Å². The van der Waals surface area contributed by atoms with Gasteiger partial charge < -0.3 is 10.2 Å². The van der Waals surface area contributed by atoms with Crippen molar-refractivity contribution in [3.63, 3.8) is 0 Å². The molecule has 1 amide bonds. The van der Waals surface area contributed by atoms with Crippen LogP contribution in [-0.2, 0) is 4.79 Å². The molecule has 0 unspecified atom stereocenters. The highest BCUT2D eigenvalue weighted by Gasteiger charge is 2.18. The first kappa shape index (κ1) is 23.6. The summed E-state index contributed by atoms with van der Waals surface area (Å²) in [5.41, 5.74) is 2.22. The van der Waals surface area contributed by atoms with Crippen molar-refractivity contribution < 1.29 is 9.18 Å². The molecule has 0 aliphatic heterocycles. The third-order valence-corrected chi connectivity index (χ3v) is 5.53. The third-order valence-electron chi connectivity index (χ3n) is 5.29. The molecule has 34 heavy (non-hydrogen) atoms. The summed E-state index contributed by atoms with van der Waals surface area (Å²) in [5.74, 6) is 1.23. The number of halogens is 2. The summed E-state index contributed by atoms with van der Waals surface area (Å²) in [5, 5.41) is 4.31. The number of anilines is 2. The molecule has 4 aromatic rings. The van der Waals surface area contributed by atoms with E-state index in [4.69, 9.17) is 21.6 Å². The van der Waals surface area contributed by atoms with Crippen LogP contribution >= 0.6 is 11.6 Å². The molecule has 174 valence electrons. The van der Waals surface area contributed by atoms with Crippen LogP contribution in [0.2, 0.25) is 5.02 Å². The number of fused-ring (bicyclic) bond motifs is 1. The molecule has 3 aromatic carbocycles. The molecule has 0 fully saturated rings. The average Bonchev–Trinajstić information content (AvgIpc) is 2.82. The van der Waals surface area contributed by atoms with Crippen LogP contribution in [0.5, 0.6) is 0 Å². The second-order valence-electron chi connectivity index (χ2n) is 8.54. The first-order valence-corrected chi connectivity index (χ1v) is 11.6. The molecule has 4 rings (SSSR count). The van der Waals surface area contributed by atoms with E-state index in [9.17, 15) is 9.18 Å². The van der Waals surface area contributed by atoms with Gasteiger partial charge in [-0.25, -0.2) is 14.4 Å². The van der Waals surface area contributed by atoms with Crippen molar-refractivity contribution in [3.05, 3.63) is 83.6 Å². The highest BCUT2D eigenvalue weighted by atomic mass is 35.5. The van der Waals surface area contributed by atoms with Crippen LogP contribution in [0.15, 0.2) is 72.8 Å². The Morgan fingerprint density at radius 3 is 2.47 bits per heavy atom. The molecule has 0 saturated heterocycles. The van der Waals surface area contributed by atoms with Crippen molar-refractivity contribution in [2.45, 2.75) is 20.3 Å². The lowest BCUT2D eigenvalue weighted by Crippen LogP contribution is -2.32. The van der Waals surface area contributed by atoms with Gasteiger partial charge in [0.15, 0.2) is 5.82 Å². The second kappa shape index (κ2) is 10.6. The minimum atomic E-state index is -0.342. The van der Waals surface area contributed by atoms with Gasteiger partial charge in [0.25, 0.3) is 0 Å². The van der Waals surface area contributed by atoms with Crippen molar-refractivity contribution in [1.82, 2.24) is 9.97 Å². The lowest BCUT2D eigenvalue weighted by Gasteiger charge is -2.27. The van der Waals surface area contributed by atoms with E-state index in [0.717, 1.165) is 22.3 Å². The summed E-state index contributed by atoms with van der Waals surface area (Å²) in [4.78, 5) is 24.4. The van der Waals surface area contributed by atoms with Crippen molar-refractivity contribution in [3.8, 4) is 11.4 Å². The van der Waals surface area contributed by atoms with Gasteiger partial charge in [0.05, 0.1) is 5.52 Å². The summed E-state index contributed by atoms with van der Waals surface area (Å²) in [7, 11) is 0. The molecule has 0 aliphatic rings. The molecule has 5 nitrogen and oxygen atoms in total. The lowest BCUT2D eigenvalue weighted by atomic mass is 10.1. The SMILES string of the molecule is CC(C)CN(CCC(=O)Nc1ccc(F)cc1)c1nc(-c2ccccc2)nc2cc(Cl)ccc12. The molecule has 0 saturated carbocycles. The van der Waals surface area contributed by atoms with Crippen LogP contribution in [0.3, 0.4) is 0 Å². The highest BCUT2D eigenvalue weighted by Crippen LogP contribution is 2.30. The predicted molar refractivity (Wildman–Crippen MR) is 137 cm³/mol. The molecule has 7 heteroatoms. The minimum absolute atomic E-state index is 0.148. The number of aromatic nitrogens is 2. The van der Waals surface area contributed by atoms with Gasteiger partial charge in [-0.05, 0) is 48.4 Å². The van der Waals surface area contributed by atoms with Crippen LogP contribution in [-0.4, -0.2) is 29.0 Å². The lowest BCUT2D eigenvalue weighted by molar-refractivity contribution is -0.116. The van der Waals surface area contributed by atoms with Gasteiger partial charge in [-0.15, -0.1) is 0 Å². The number of benzene rings is 3. The first-order valence-electron chi connectivity index (χ1n) is 11.2. The predicted octanol–water partition coefficient (Wildman–Crippen LogP) is 6.58. The monoisotopic (exact) mass is 476 g/mol. The molecule has 0 bridgehead atoms. The molecule has 1 N–H and O–H groups in total. The Bertz CT molecular complexity index is 1280. The standard InChI is InChI=1S/C27H26ClFN4O/c1-18(2)17-33(15-14-25(34)30-22-11-9-21(29)10-12-22)27-23-13-8-20(28)16-24(23)31-26(32-27)19-6-4-3-5-7-19/h3-13,16,18H,14-15,17H2,1-2H3,(H,30,34). The number of amides is 1. The fraction of sp³-hybridized carbons (Fsp3) is 0.222. The van der Waals surface area contributed by atoms with Crippen LogP contribution in [0.4, 0.5) is 15.9 Å². The fourth-order valence-corrected chi connectivity index (χ4v) is 3.93. The van der Waals surface area contributed by atoms with Crippen LogP contribution in [0.1, 0.15) is 20.3 Å². The summed E-state index contributed by atoms with van der Waals surface area (Å²) < 4.78 is 13.2. The van der Waals surface area contributed by atoms with Gasteiger partial charge in [-0.2, -0.15) is 0 Å². The smallest absolute Gasteiger partial charge is 0.226 e. The Labute approximate surface area is 203 Å². The summed E-state index contributed by atoms with van der Waals surface area (Å²) in [6.45, 7) is 5.44. The van der Waals surface area contributed by atoms with Crippen LogP contribution < -0.4 is 10.2 Å². The van der Waals surface area contributed by atoms with Crippen LogP contribution in [0, 0.1) is 11.7 Å². The van der Waals surface area contributed by atoms with E-state index in [1.807, 2.05) is 48.5 Å². The van der Waals surface area contributed by atoms with Gasteiger partial charge in [0.2, 0.25) is 5.91 Å². The number of hydrogen-bond donors (Lipinski definition) is 1. The molecular formula is C27H26ClFN4O. The zero-order chi connectivity index (χ0) is 24.1. The summed E-state index contributed by atoms with van der Waals surface area (Å²) >= 11 is 6.27. The number of carbonyl (C=O) groups is 1. The number of carbonyl (C=O) groups excluding carboxylic acids is 1. The van der Waals surface area contributed by atoms with Crippen molar-refractivity contribution in [2.75, 3.05) is 23.3 Å². The van der Waals surface area contributed by atoms with Gasteiger partial charge in [-0.3, -0.25) is 4.79 Å².